The molecule has 1 N–H and O–H groups in total. The normalized spacial score (nSPS) is 10.8. The zero-order valence-corrected chi connectivity index (χ0v) is 11.2. The third-order valence-electron chi connectivity index (χ3n) is 2.29. The van der Waals surface area contributed by atoms with Crippen LogP contribution in [0.5, 0.6) is 11.5 Å². The number of hydrogen-bond donors (Lipinski definition) is 1. The SMILES string of the molecule is COC(=O)c1ccc(OC)c(OC(=O)C(C)(C)O)c1. The quantitative estimate of drug-likeness (QED) is 0.651. The summed E-state index contributed by atoms with van der Waals surface area (Å²) in [7, 11) is 2.64. The molecular weight excluding hydrogens is 252 g/mol. The van der Waals surface area contributed by atoms with Crippen LogP contribution in [0.1, 0.15) is 24.2 Å². The maximum absolute atomic E-state index is 11.6. The highest BCUT2D eigenvalue weighted by Gasteiger charge is 2.27. The summed E-state index contributed by atoms with van der Waals surface area (Å²) < 4.78 is 14.6. The molecule has 0 aliphatic rings. The van der Waals surface area contributed by atoms with E-state index < -0.39 is 17.5 Å². The van der Waals surface area contributed by atoms with Crippen molar-refractivity contribution in [1.29, 1.82) is 0 Å². The molecule has 0 unspecified atom stereocenters. The molecule has 6 heteroatoms. The molecule has 19 heavy (non-hydrogen) atoms. The minimum absolute atomic E-state index is 0.0394. The fraction of sp³-hybridized carbons (Fsp3) is 0.385. The molecule has 0 atom stereocenters. The van der Waals surface area contributed by atoms with Crippen LogP contribution in [0.2, 0.25) is 0 Å². The molecule has 0 aromatic heterocycles. The van der Waals surface area contributed by atoms with Crippen LogP contribution in [-0.2, 0) is 9.53 Å². The summed E-state index contributed by atoms with van der Waals surface area (Å²) in [5, 5.41) is 9.53. The highest BCUT2D eigenvalue weighted by Crippen LogP contribution is 2.29. The highest BCUT2D eigenvalue weighted by atomic mass is 16.6. The predicted molar refractivity (Wildman–Crippen MR) is 66.3 cm³/mol. The number of benzene rings is 1. The zero-order chi connectivity index (χ0) is 14.6. The van der Waals surface area contributed by atoms with E-state index in [1.165, 1.54) is 46.3 Å². The standard InChI is InChI=1S/C13H16O6/c1-13(2,16)12(15)19-10-7-8(11(14)18-4)5-6-9(10)17-3/h5-7,16H,1-4H3. The average Bonchev–Trinajstić information content (AvgIpc) is 2.36. The van der Waals surface area contributed by atoms with Crippen molar-refractivity contribution in [2.24, 2.45) is 0 Å². The predicted octanol–water partition coefficient (Wildman–Crippen LogP) is 1.16. The third-order valence-corrected chi connectivity index (χ3v) is 2.29. The summed E-state index contributed by atoms with van der Waals surface area (Å²) in [4.78, 5) is 23.0. The molecule has 0 heterocycles. The molecule has 0 saturated carbocycles. The van der Waals surface area contributed by atoms with E-state index in [1.54, 1.807) is 0 Å². The summed E-state index contributed by atoms with van der Waals surface area (Å²) in [5.41, 5.74) is -1.44. The smallest absolute Gasteiger partial charge is 0.343 e. The van der Waals surface area contributed by atoms with Crippen molar-refractivity contribution in [3.63, 3.8) is 0 Å². The molecule has 1 aromatic rings. The minimum atomic E-state index is -1.65. The largest absolute Gasteiger partial charge is 0.493 e. The van der Waals surface area contributed by atoms with Gasteiger partial charge in [-0.2, -0.15) is 0 Å². The van der Waals surface area contributed by atoms with Crippen LogP contribution in [0.25, 0.3) is 0 Å². The van der Waals surface area contributed by atoms with Gasteiger partial charge in [0, 0.05) is 0 Å². The number of rotatable bonds is 4. The summed E-state index contributed by atoms with van der Waals surface area (Å²) in [5.74, 6) is -1.11. The van der Waals surface area contributed by atoms with Gasteiger partial charge in [-0.05, 0) is 32.0 Å². The van der Waals surface area contributed by atoms with Crippen LogP contribution < -0.4 is 9.47 Å². The molecule has 0 bridgehead atoms. The Hall–Kier alpha value is -2.08. The molecule has 1 rings (SSSR count). The van der Waals surface area contributed by atoms with Crippen LogP contribution in [0.15, 0.2) is 18.2 Å². The Balaban J connectivity index is 3.10. The maximum atomic E-state index is 11.6. The molecule has 0 fully saturated rings. The van der Waals surface area contributed by atoms with Crippen molar-refractivity contribution in [2.45, 2.75) is 19.4 Å². The molecule has 6 nitrogen and oxygen atoms in total. The van der Waals surface area contributed by atoms with Crippen LogP contribution >= 0.6 is 0 Å². The first-order chi connectivity index (χ1) is 8.79. The lowest BCUT2D eigenvalue weighted by molar-refractivity contribution is -0.151. The van der Waals surface area contributed by atoms with Crippen LogP contribution in [-0.4, -0.2) is 36.9 Å². The third kappa shape index (κ3) is 3.69. The number of ether oxygens (including phenoxy) is 3. The Kier molecular flexibility index (Phi) is 4.50. The van der Waals surface area contributed by atoms with Gasteiger partial charge in [-0.1, -0.05) is 0 Å². The number of methoxy groups -OCH3 is 2. The molecule has 0 aliphatic carbocycles. The van der Waals surface area contributed by atoms with E-state index >= 15 is 0 Å². The summed E-state index contributed by atoms with van der Waals surface area (Å²) in [6.07, 6.45) is 0. The van der Waals surface area contributed by atoms with Gasteiger partial charge >= 0.3 is 11.9 Å². The van der Waals surface area contributed by atoms with Gasteiger partial charge in [0.2, 0.25) is 0 Å². The first kappa shape index (κ1) is 15.0. The second kappa shape index (κ2) is 5.71. The van der Waals surface area contributed by atoms with E-state index in [9.17, 15) is 14.7 Å². The van der Waals surface area contributed by atoms with Crippen LogP contribution in [0.4, 0.5) is 0 Å². The minimum Gasteiger partial charge on any atom is -0.493 e. The van der Waals surface area contributed by atoms with Crippen molar-refractivity contribution in [1.82, 2.24) is 0 Å². The first-order valence-corrected chi connectivity index (χ1v) is 5.50. The number of carbonyl (C=O) groups excluding carboxylic acids is 2. The lowest BCUT2D eigenvalue weighted by atomic mass is 10.1. The topological polar surface area (TPSA) is 82.1 Å². The molecule has 0 saturated heterocycles. The van der Waals surface area contributed by atoms with Crippen molar-refractivity contribution in [2.75, 3.05) is 14.2 Å². The van der Waals surface area contributed by atoms with Gasteiger partial charge in [0.05, 0.1) is 19.8 Å². The van der Waals surface area contributed by atoms with Gasteiger partial charge in [-0.3, -0.25) is 0 Å². The molecule has 0 amide bonds. The number of carbonyl (C=O) groups is 2. The number of esters is 2. The Morgan fingerprint density at radius 3 is 2.26 bits per heavy atom. The van der Waals surface area contributed by atoms with Gasteiger partial charge < -0.3 is 19.3 Å². The van der Waals surface area contributed by atoms with E-state index in [0.29, 0.717) is 0 Å². The Morgan fingerprint density at radius 2 is 1.79 bits per heavy atom. The lowest BCUT2D eigenvalue weighted by Gasteiger charge is -2.17. The van der Waals surface area contributed by atoms with Gasteiger partial charge in [-0.25, -0.2) is 9.59 Å². The molecule has 1 aromatic carbocycles. The molecule has 0 radical (unpaired) electrons. The number of aliphatic hydroxyl groups is 1. The molecule has 104 valence electrons. The van der Waals surface area contributed by atoms with Gasteiger partial charge in [0.1, 0.15) is 0 Å². The summed E-state index contributed by atoms with van der Waals surface area (Å²) in [6, 6.07) is 4.26. The van der Waals surface area contributed by atoms with Gasteiger partial charge in [0.15, 0.2) is 17.1 Å². The van der Waals surface area contributed by atoms with E-state index in [0.717, 1.165) is 0 Å². The van der Waals surface area contributed by atoms with Crippen molar-refractivity contribution >= 4 is 11.9 Å². The van der Waals surface area contributed by atoms with E-state index in [2.05, 4.69) is 4.74 Å². The Bertz CT molecular complexity index is 486. The first-order valence-electron chi connectivity index (χ1n) is 5.50. The fourth-order valence-corrected chi connectivity index (χ4v) is 1.23. The monoisotopic (exact) mass is 268 g/mol. The highest BCUT2D eigenvalue weighted by molar-refractivity contribution is 5.90. The second-order valence-corrected chi connectivity index (χ2v) is 4.31. The summed E-state index contributed by atoms with van der Waals surface area (Å²) in [6.45, 7) is 2.60. The Labute approximate surface area is 110 Å². The molecule has 0 aliphatic heterocycles. The van der Waals surface area contributed by atoms with Crippen LogP contribution in [0, 0.1) is 0 Å². The van der Waals surface area contributed by atoms with Crippen molar-refractivity contribution in [3.8, 4) is 11.5 Å². The molecular formula is C13H16O6. The maximum Gasteiger partial charge on any atom is 0.343 e. The fourth-order valence-electron chi connectivity index (χ4n) is 1.23. The Morgan fingerprint density at radius 1 is 1.16 bits per heavy atom. The average molecular weight is 268 g/mol. The van der Waals surface area contributed by atoms with E-state index in [-0.39, 0.29) is 17.1 Å². The summed E-state index contributed by atoms with van der Waals surface area (Å²) >= 11 is 0. The van der Waals surface area contributed by atoms with Gasteiger partial charge in [-0.15, -0.1) is 0 Å². The van der Waals surface area contributed by atoms with Gasteiger partial charge in [0.25, 0.3) is 0 Å². The molecule has 0 spiro atoms. The number of hydrogen-bond acceptors (Lipinski definition) is 6. The zero-order valence-electron chi connectivity index (χ0n) is 11.2. The van der Waals surface area contributed by atoms with E-state index in [1.807, 2.05) is 0 Å². The van der Waals surface area contributed by atoms with Crippen molar-refractivity contribution < 1.29 is 28.9 Å². The van der Waals surface area contributed by atoms with E-state index in [4.69, 9.17) is 9.47 Å². The lowest BCUT2D eigenvalue weighted by Crippen LogP contribution is -2.35. The van der Waals surface area contributed by atoms with Crippen LogP contribution in [0.3, 0.4) is 0 Å². The second-order valence-electron chi connectivity index (χ2n) is 4.31. The van der Waals surface area contributed by atoms with Crippen molar-refractivity contribution in [3.05, 3.63) is 23.8 Å².